The number of nitrogens with zero attached hydrogens (tertiary/aromatic N) is 3. The molecule has 0 saturated heterocycles. The van der Waals surface area contributed by atoms with E-state index in [1.807, 2.05) is 12.1 Å². The second-order valence-electron chi connectivity index (χ2n) is 10.4. The smallest absolute Gasteiger partial charge is 0.407 e. The first-order valence-corrected chi connectivity index (χ1v) is 14.0. The minimum atomic E-state index is -1.33. The molecular formula is C27H31N5O11S. The summed E-state index contributed by atoms with van der Waals surface area (Å²) in [7, 11) is 0. The minimum absolute atomic E-state index is 0.0604. The molecule has 17 heteroatoms. The molecule has 2 atom stereocenters. The quantitative estimate of drug-likeness (QED) is 0.137. The van der Waals surface area contributed by atoms with Crippen LogP contribution < -0.4 is 10.6 Å². The zero-order chi connectivity index (χ0) is 32.3. The highest BCUT2D eigenvalue weighted by atomic mass is 32.1. The number of ether oxygens (including phenoxy) is 2. The van der Waals surface area contributed by atoms with Gasteiger partial charge in [-0.25, -0.2) is 4.79 Å². The molecule has 3 rings (SSSR count). The van der Waals surface area contributed by atoms with E-state index in [2.05, 4.69) is 25.3 Å². The molecule has 236 valence electrons. The van der Waals surface area contributed by atoms with E-state index in [4.69, 9.17) is 9.47 Å². The van der Waals surface area contributed by atoms with Crippen LogP contribution in [-0.4, -0.2) is 58.0 Å². The Kier molecular flexibility index (Phi) is 11.7. The lowest BCUT2D eigenvalue weighted by molar-refractivity contribution is -0.790. The van der Waals surface area contributed by atoms with Crippen LogP contribution in [-0.2, 0) is 35.3 Å². The Morgan fingerprint density at radius 2 is 1.80 bits per heavy atom. The summed E-state index contributed by atoms with van der Waals surface area (Å²) >= 11 is 1.36. The topological polar surface area (TPSA) is 211 Å². The Labute approximate surface area is 254 Å². The number of hydrogen-bond donors (Lipinski definition) is 2. The molecule has 2 N–H and O–H groups in total. The van der Waals surface area contributed by atoms with Crippen LogP contribution in [0.25, 0.3) is 10.1 Å². The second-order valence-corrected chi connectivity index (χ2v) is 11.4. The van der Waals surface area contributed by atoms with Crippen molar-refractivity contribution in [1.29, 1.82) is 0 Å². The van der Waals surface area contributed by atoms with Crippen molar-refractivity contribution in [2.45, 2.75) is 57.8 Å². The highest BCUT2D eigenvalue weighted by Crippen LogP contribution is 2.30. The molecule has 0 saturated carbocycles. The maximum absolute atomic E-state index is 13.4. The van der Waals surface area contributed by atoms with Gasteiger partial charge in [0, 0.05) is 25.4 Å². The third-order valence-electron chi connectivity index (χ3n) is 5.79. The number of rotatable bonds is 15. The molecule has 0 aliphatic carbocycles. The van der Waals surface area contributed by atoms with Gasteiger partial charge in [-0.15, -0.1) is 31.6 Å². The van der Waals surface area contributed by atoms with Gasteiger partial charge >= 0.3 is 12.1 Å². The summed E-state index contributed by atoms with van der Waals surface area (Å²) in [6.07, 6.45) is 0.787. The molecule has 0 aliphatic heterocycles. The number of fused-ring (bicyclic) bond motifs is 1. The van der Waals surface area contributed by atoms with Crippen molar-refractivity contribution in [3.05, 3.63) is 80.1 Å². The van der Waals surface area contributed by atoms with Gasteiger partial charge in [-0.2, -0.15) is 0 Å². The van der Waals surface area contributed by atoms with Crippen LogP contribution in [0.5, 0.6) is 0 Å². The molecule has 0 radical (unpaired) electrons. The van der Waals surface area contributed by atoms with Gasteiger partial charge in [0.2, 0.25) is 5.91 Å². The van der Waals surface area contributed by atoms with E-state index in [9.17, 15) is 34.6 Å². The van der Waals surface area contributed by atoms with E-state index in [1.165, 1.54) is 11.3 Å². The standard InChI is InChI=1S/C27H31N5O11S/c1-27(2,3)42-26(35)29-13-21(25(34)30-23-12-19-10-11-28-14-22(19)44-23)18-6-4-17(5-7-18)15-40-24(33)9-8-20(43-32(38)39)16-41-31(36)37/h4-7,10-12,14,20-21H,8-9,13,15-16H2,1-3H3,(H,29,35)(H,30,34)/t20-,21-/m1/s1. The Balaban J connectivity index is 1.63. The molecule has 2 amide bonds. The Bertz CT molecular complexity index is 1440. The van der Waals surface area contributed by atoms with Gasteiger partial charge in [-0.05, 0) is 55.8 Å². The van der Waals surface area contributed by atoms with Crippen molar-refractivity contribution in [1.82, 2.24) is 10.3 Å². The fraction of sp³-hybridized carbons (Fsp3) is 0.407. The molecule has 3 aromatic rings. The first-order chi connectivity index (χ1) is 20.8. The molecule has 2 aromatic heterocycles. The predicted octanol–water partition coefficient (Wildman–Crippen LogP) is 4.15. The number of carbonyl (C=O) groups is 3. The summed E-state index contributed by atoms with van der Waals surface area (Å²) in [6.45, 7) is 4.25. The first-order valence-electron chi connectivity index (χ1n) is 13.2. The van der Waals surface area contributed by atoms with Crippen LogP contribution in [0.2, 0.25) is 0 Å². The van der Waals surface area contributed by atoms with Crippen molar-refractivity contribution in [2.75, 3.05) is 18.5 Å². The average Bonchev–Trinajstić information content (AvgIpc) is 3.35. The number of alkyl carbamates (subject to hydrolysis) is 1. The third-order valence-corrected chi connectivity index (χ3v) is 6.79. The van der Waals surface area contributed by atoms with Crippen molar-refractivity contribution >= 4 is 44.4 Å². The van der Waals surface area contributed by atoms with E-state index in [0.717, 1.165) is 10.1 Å². The van der Waals surface area contributed by atoms with E-state index in [1.54, 1.807) is 57.4 Å². The van der Waals surface area contributed by atoms with Gasteiger partial charge < -0.3 is 29.8 Å². The second kappa shape index (κ2) is 15.4. The molecule has 0 fully saturated rings. The zero-order valence-electron chi connectivity index (χ0n) is 24.0. The third kappa shape index (κ3) is 11.3. The maximum atomic E-state index is 13.4. The molecular weight excluding hydrogens is 602 g/mol. The van der Waals surface area contributed by atoms with Gasteiger partial charge in [-0.1, -0.05) is 24.3 Å². The Morgan fingerprint density at radius 1 is 1.07 bits per heavy atom. The SMILES string of the molecule is CC(C)(C)OC(=O)NC[C@@H](C(=O)Nc1cc2ccncc2s1)c1ccc(COC(=O)CC[C@H](CO[N+](=O)[O-])O[N+](=O)[O-])cc1. The van der Waals surface area contributed by atoms with Crippen molar-refractivity contribution in [3.63, 3.8) is 0 Å². The number of thiophene rings is 1. The van der Waals surface area contributed by atoms with Crippen molar-refractivity contribution < 1.29 is 43.7 Å². The van der Waals surface area contributed by atoms with E-state index >= 15 is 0 Å². The number of amides is 2. The molecule has 1 aromatic carbocycles. The number of aromatic nitrogens is 1. The zero-order valence-corrected chi connectivity index (χ0v) is 24.9. The fourth-order valence-electron chi connectivity index (χ4n) is 3.81. The number of pyridine rings is 1. The number of anilines is 1. The molecule has 0 bridgehead atoms. The molecule has 2 heterocycles. The molecule has 16 nitrogen and oxygen atoms in total. The highest BCUT2D eigenvalue weighted by molar-refractivity contribution is 7.22. The summed E-state index contributed by atoms with van der Waals surface area (Å²) in [4.78, 5) is 71.3. The maximum Gasteiger partial charge on any atom is 0.407 e. The summed E-state index contributed by atoms with van der Waals surface area (Å²) in [5.74, 6) is -1.89. The monoisotopic (exact) mass is 633 g/mol. The number of benzene rings is 1. The van der Waals surface area contributed by atoms with Gasteiger partial charge in [0.1, 0.15) is 24.9 Å². The summed E-state index contributed by atoms with van der Waals surface area (Å²) < 4.78 is 11.4. The van der Waals surface area contributed by atoms with E-state index in [-0.39, 0.29) is 31.9 Å². The lowest BCUT2D eigenvalue weighted by Gasteiger charge is -2.22. The number of hydrogen-bond acceptors (Lipinski definition) is 13. The summed E-state index contributed by atoms with van der Waals surface area (Å²) in [5, 5.41) is 25.7. The Morgan fingerprint density at radius 3 is 2.43 bits per heavy atom. The van der Waals surface area contributed by atoms with Gasteiger partial charge in [0.05, 0.1) is 15.6 Å². The lowest BCUT2D eigenvalue weighted by Crippen LogP contribution is -2.37. The first kappa shape index (κ1) is 33.4. The minimum Gasteiger partial charge on any atom is -0.461 e. The fourth-order valence-corrected chi connectivity index (χ4v) is 4.74. The van der Waals surface area contributed by atoms with E-state index in [0.29, 0.717) is 16.1 Å². The number of carbonyl (C=O) groups excluding carboxylic acids is 3. The molecule has 0 spiro atoms. The van der Waals surface area contributed by atoms with Gasteiger partial charge in [0.15, 0.2) is 0 Å². The van der Waals surface area contributed by atoms with Crippen LogP contribution in [0.4, 0.5) is 9.80 Å². The molecule has 0 unspecified atom stereocenters. The van der Waals surface area contributed by atoms with E-state index < -0.39 is 46.5 Å². The Hall–Kier alpha value is -5.06. The van der Waals surface area contributed by atoms with Gasteiger partial charge in [-0.3, -0.25) is 14.6 Å². The predicted molar refractivity (Wildman–Crippen MR) is 156 cm³/mol. The van der Waals surface area contributed by atoms with Crippen molar-refractivity contribution in [2.24, 2.45) is 0 Å². The average molecular weight is 634 g/mol. The van der Waals surface area contributed by atoms with Crippen LogP contribution in [0.1, 0.15) is 50.7 Å². The van der Waals surface area contributed by atoms with Crippen LogP contribution >= 0.6 is 11.3 Å². The van der Waals surface area contributed by atoms with Crippen molar-refractivity contribution in [3.8, 4) is 0 Å². The van der Waals surface area contributed by atoms with Crippen LogP contribution in [0.3, 0.4) is 0 Å². The summed E-state index contributed by atoms with van der Waals surface area (Å²) in [6, 6.07) is 10.3. The number of esters is 1. The summed E-state index contributed by atoms with van der Waals surface area (Å²) in [5.41, 5.74) is 0.421. The normalized spacial score (nSPS) is 12.4. The highest BCUT2D eigenvalue weighted by Gasteiger charge is 2.24. The lowest BCUT2D eigenvalue weighted by atomic mass is 9.97. The van der Waals surface area contributed by atoms with Crippen LogP contribution in [0, 0.1) is 20.2 Å². The molecule has 0 aliphatic rings. The van der Waals surface area contributed by atoms with Crippen LogP contribution in [0.15, 0.2) is 48.8 Å². The largest absolute Gasteiger partial charge is 0.461 e. The number of nitrogens with one attached hydrogen (secondary N) is 2. The molecule has 44 heavy (non-hydrogen) atoms. The van der Waals surface area contributed by atoms with Gasteiger partial charge in [0.25, 0.3) is 10.2 Å².